The summed E-state index contributed by atoms with van der Waals surface area (Å²) in [7, 11) is 3.03. The Hall–Kier alpha value is -3.73. The van der Waals surface area contributed by atoms with Gasteiger partial charge in [-0.25, -0.2) is 0 Å². The third-order valence-corrected chi connectivity index (χ3v) is 4.88. The second kappa shape index (κ2) is 8.33. The van der Waals surface area contributed by atoms with E-state index in [4.69, 9.17) is 18.6 Å². The molecule has 5 heteroatoms. The van der Waals surface area contributed by atoms with Gasteiger partial charge in [0.05, 0.1) is 14.2 Å². The number of hydrogen-bond donors (Lipinski definition) is 0. The largest absolute Gasteiger partial charge is 0.496 e. The predicted octanol–water partition coefficient (Wildman–Crippen LogP) is 5.36. The summed E-state index contributed by atoms with van der Waals surface area (Å²) in [5.74, 6) is 1.62. The molecule has 30 heavy (non-hydrogen) atoms. The van der Waals surface area contributed by atoms with Crippen molar-refractivity contribution in [3.8, 4) is 28.6 Å². The Kier molecular flexibility index (Phi) is 5.44. The van der Waals surface area contributed by atoms with Gasteiger partial charge in [0.15, 0.2) is 16.8 Å². The Balaban J connectivity index is 1.86. The highest BCUT2D eigenvalue weighted by Gasteiger charge is 2.21. The van der Waals surface area contributed by atoms with Crippen molar-refractivity contribution in [2.45, 2.75) is 13.5 Å². The van der Waals surface area contributed by atoms with E-state index in [9.17, 15) is 4.79 Å². The maximum atomic E-state index is 12.9. The molecular formula is C25H22O5. The van der Waals surface area contributed by atoms with Gasteiger partial charge in [-0.2, -0.15) is 0 Å². The number of fused-ring (bicyclic) bond motifs is 1. The number of methoxy groups -OCH3 is 2. The van der Waals surface area contributed by atoms with Crippen LogP contribution in [0.5, 0.6) is 17.2 Å². The molecule has 0 fully saturated rings. The Morgan fingerprint density at radius 1 is 0.867 bits per heavy atom. The lowest BCUT2D eigenvalue weighted by molar-refractivity contribution is 0.282. The lowest BCUT2D eigenvalue weighted by atomic mass is 10.1. The van der Waals surface area contributed by atoms with E-state index in [1.165, 1.54) is 20.3 Å². The van der Waals surface area contributed by atoms with E-state index >= 15 is 0 Å². The molecule has 4 aromatic rings. The van der Waals surface area contributed by atoms with E-state index in [1.807, 2.05) is 61.5 Å². The summed E-state index contributed by atoms with van der Waals surface area (Å²) in [5, 5.41) is 0.317. The number of ether oxygens (including phenoxy) is 3. The smallest absolute Gasteiger partial charge is 0.205 e. The summed E-state index contributed by atoms with van der Waals surface area (Å²) in [6.45, 7) is 2.35. The van der Waals surface area contributed by atoms with Gasteiger partial charge >= 0.3 is 0 Å². The summed E-state index contributed by atoms with van der Waals surface area (Å²) in [6.07, 6.45) is 0. The van der Waals surface area contributed by atoms with Crippen molar-refractivity contribution in [2.75, 3.05) is 14.2 Å². The molecule has 0 aliphatic rings. The average molecular weight is 402 g/mol. The third-order valence-electron chi connectivity index (χ3n) is 4.88. The van der Waals surface area contributed by atoms with E-state index in [0.29, 0.717) is 40.6 Å². The highest BCUT2D eigenvalue weighted by molar-refractivity contribution is 5.92. The highest BCUT2D eigenvalue weighted by atomic mass is 16.5. The first-order valence-electron chi connectivity index (χ1n) is 9.57. The molecule has 0 saturated heterocycles. The van der Waals surface area contributed by atoms with Crippen molar-refractivity contribution < 1.29 is 18.6 Å². The first kappa shape index (κ1) is 19.6. The molecule has 0 unspecified atom stereocenters. The van der Waals surface area contributed by atoms with Crippen LogP contribution in [0.3, 0.4) is 0 Å². The van der Waals surface area contributed by atoms with Crippen LogP contribution in [0.25, 0.3) is 22.3 Å². The zero-order valence-corrected chi connectivity index (χ0v) is 17.1. The number of rotatable bonds is 6. The van der Waals surface area contributed by atoms with E-state index in [-0.39, 0.29) is 5.43 Å². The van der Waals surface area contributed by atoms with E-state index in [2.05, 4.69) is 0 Å². The van der Waals surface area contributed by atoms with Crippen molar-refractivity contribution in [1.29, 1.82) is 0 Å². The van der Waals surface area contributed by atoms with Crippen LogP contribution in [-0.4, -0.2) is 14.2 Å². The second-order valence-corrected chi connectivity index (χ2v) is 6.93. The fraction of sp³-hybridized carbons (Fsp3) is 0.160. The van der Waals surface area contributed by atoms with Gasteiger partial charge in [-0.3, -0.25) is 4.79 Å². The van der Waals surface area contributed by atoms with Gasteiger partial charge in [0.2, 0.25) is 5.75 Å². The molecule has 5 nitrogen and oxygen atoms in total. The number of benzene rings is 3. The van der Waals surface area contributed by atoms with E-state index < -0.39 is 0 Å². The van der Waals surface area contributed by atoms with Crippen molar-refractivity contribution in [2.24, 2.45) is 0 Å². The first-order valence-corrected chi connectivity index (χ1v) is 9.57. The number of hydrogen-bond acceptors (Lipinski definition) is 5. The zero-order valence-electron chi connectivity index (χ0n) is 17.1. The molecule has 0 bridgehead atoms. The Bertz CT molecular complexity index is 1220. The topological polar surface area (TPSA) is 57.9 Å². The highest BCUT2D eigenvalue weighted by Crippen LogP contribution is 2.41. The van der Waals surface area contributed by atoms with Crippen LogP contribution >= 0.6 is 0 Å². The minimum absolute atomic E-state index is 0.211. The molecule has 1 aromatic heterocycles. The van der Waals surface area contributed by atoms with E-state index in [1.54, 1.807) is 6.07 Å². The molecule has 1 heterocycles. The standard InChI is InChI=1S/C25H22O5/c1-16-9-11-18(12-10-16)20-13-19(26)23-21(27-2)14-22(24(28-3)25(23)30-20)29-15-17-7-5-4-6-8-17/h4-14H,15H2,1-3H3. The maximum Gasteiger partial charge on any atom is 0.205 e. The SMILES string of the molecule is COc1c(OCc2ccccc2)cc(OC)c2c(=O)cc(-c3ccc(C)cc3)oc12. The van der Waals surface area contributed by atoms with Gasteiger partial charge in [-0.15, -0.1) is 0 Å². The van der Waals surface area contributed by atoms with Crippen molar-refractivity contribution in [3.05, 3.63) is 88.1 Å². The first-order chi connectivity index (χ1) is 14.6. The number of aryl methyl sites for hydroxylation is 1. The van der Waals surface area contributed by atoms with Crippen LogP contribution in [0.4, 0.5) is 0 Å². The van der Waals surface area contributed by atoms with Crippen LogP contribution in [0.15, 0.2) is 75.9 Å². The lowest BCUT2D eigenvalue weighted by Crippen LogP contribution is -2.06. The molecule has 0 N–H and O–H groups in total. The minimum atomic E-state index is -0.211. The fourth-order valence-electron chi connectivity index (χ4n) is 3.31. The molecule has 0 amide bonds. The van der Waals surface area contributed by atoms with Crippen molar-refractivity contribution in [1.82, 2.24) is 0 Å². The maximum absolute atomic E-state index is 12.9. The monoisotopic (exact) mass is 402 g/mol. The molecule has 3 aromatic carbocycles. The van der Waals surface area contributed by atoms with Crippen LogP contribution in [0, 0.1) is 6.92 Å². The van der Waals surface area contributed by atoms with Gasteiger partial charge in [-0.05, 0) is 12.5 Å². The van der Waals surface area contributed by atoms with Gasteiger partial charge in [0.1, 0.15) is 23.5 Å². The van der Waals surface area contributed by atoms with Crippen molar-refractivity contribution >= 4 is 11.0 Å². The summed E-state index contributed by atoms with van der Waals surface area (Å²) in [4.78, 5) is 12.9. The van der Waals surface area contributed by atoms with Gasteiger partial charge < -0.3 is 18.6 Å². The molecule has 0 radical (unpaired) electrons. The van der Waals surface area contributed by atoms with E-state index in [0.717, 1.165) is 16.7 Å². The normalized spacial score (nSPS) is 10.8. The Morgan fingerprint density at radius 2 is 1.60 bits per heavy atom. The summed E-state index contributed by atoms with van der Waals surface area (Å²) >= 11 is 0. The molecule has 0 atom stereocenters. The quantitative estimate of drug-likeness (QED) is 0.434. The predicted molar refractivity (Wildman–Crippen MR) is 117 cm³/mol. The van der Waals surface area contributed by atoms with Crippen LogP contribution in [0.1, 0.15) is 11.1 Å². The molecule has 0 saturated carbocycles. The third kappa shape index (κ3) is 3.74. The summed E-state index contributed by atoms with van der Waals surface area (Å²) < 4.78 is 23.2. The average Bonchev–Trinajstić information content (AvgIpc) is 2.77. The second-order valence-electron chi connectivity index (χ2n) is 6.93. The molecule has 0 aliphatic heterocycles. The molecule has 4 rings (SSSR count). The van der Waals surface area contributed by atoms with Crippen LogP contribution in [0.2, 0.25) is 0 Å². The van der Waals surface area contributed by atoms with Crippen LogP contribution in [-0.2, 0) is 6.61 Å². The van der Waals surface area contributed by atoms with Gasteiger partial charge in [0, 0.05) is 17.7 Å². The fourth-order valence-corrected chi connectivity index (χ4v) is 3.31. The Labute approximate surface area is 174 Å². The summed E-state index contributed by atoms with van der Waals surface area (Å²) in [5.41, 5.74) is 3.02. The molecule has 0 aliphatic carbocycles. The Morgan fingerprint density at radius 3 is 2.27 bits per heavy atom. The molecular weight excluding hydrogens is 380 g/mol. The molecule has 152 valence electrons. The van der Waals surface area contributed by atoms with Gasteiger partial charge in [-0.1, -0.05) is 60.2 Å². The molecule has 0 spiro atoms. The lowest BCUT2D eigenvalue weighted by Gasteiger charge is -2.15. The van der Waals surface area contributed by atoms with Gasteiger partial charge in [0.25, 0.3) is 0 Å². The zero-order chi connectivity index (χ0) is 21.1. The van der Waals surface area contributed by atoms with Crippen LogP contribution < -0.4 is 19.6 Å². The van der Waals surface area contributed by atoms with Crippen molar-refractivity contribution in [3.63, 3.8) is 0 Å². The minimum Gasteiger partial charge on any atom is -0.496 e. The summed E-state index contributed by atoms with van der Waals surface area (Å²) in [6, 6.07) is 20.7.